The van der Waals surface area contributed by atoms with Crippen molar-refractivity contribution < 1.29 is 57.8 Å². The van der Waals surface area contributed by atoms with Gasteiger partial charge in [0.1, 0.15) is 84.2 Å². The third-order valence-corrected chi connectivity index (χ3v) is 19.4. The molecule has 2 aromatic carbocycles. The normalized spacial score (nSPS) is 15.9. The summed E-state index contributed by atoms with van der Waals surface area (Å²) in [6.07, 6.45) is 2.04. The SMILES string of the molecule is C=C(NC(=O)[C@H](Cc1ccc(O)cc1)NC(=O)[C@@H]1CSC([C@H](Cc2ccccc2)NC(=O)c2csc(C(N)CC(N)=O)n2)=N1)C(=O)N[C@@H](C)C(=O)N[C@@H](C)C(=O)NC(=O)c1csc(-c2ccc(-c3nc(C(=O)O)c(C)o3)c(-c3csc(-c4csc([C@@H]5CCCN5)n4)n3)n2)n1. The fraction of sp³-hybridized carbons (Fsp3) is 0.279. The number of primary amides is 1. The summed E-state index contributed by atoms with van der Waals surface area (Å²) in [7, 11) is 0. The van der Waals surface area contributed by atoms with Crippen LogP contribution in [0.1, 0.15) is 104 Å². The lowest BCUT2D eigenvalue weighted by molar-refractivity contribution is -0.131. The Morgan fingerprint density at radius 2 is 1.43 bits per heavy atom. The van der Waals surface area contributed by atoms with Crippen molar-refractivity contribution in [2.75, 3.05) is 12.3 Å². The van der Waals surface area contributed by atoms with E-state index in [1.165, 1.54) is 90.2 Å². The van der Waals surface area contributed by atoms with E-state index in [-0.39, 0.29) is 76.2 Å². The number of benzene rings is 2. The molecule has 94 heavy (non-hydrogen) atoms. The summed E-state index contributed by atoms with van der Waals surface area (Å²) in [5.74, 6) is -7.52. The number of aliphatic imine (C=N–C) groups is 1. The van der Waals surface area contributed by atoms with E-state index in [2.05, 4.69) is 58.7 Å². The molecule has 0 saturated carbocycles. The molecule has 1 unspecified atom stereocenters. The number of nitrogens with zero attached hydrogens (tertiary/aromatic N) is 7. The van der Waals surface area contributed by atoms with Crippen LogP contribution in [0.5, 0.6) is 5.75 Å². The maximum absolute atomic E-state index is 14.0. The van der Waals surface area contributed by atoms with Gasteiger partial charge < -0.3 is 58.0 Å². The number of rotatable bonds is 26. The fourth-order valence-electron chi connectivity index (χ4n) is 9.63. The lowest BCUT2D eigenvalue weighted by Crippen LogP contribution is -2.54. The molecule has 0 radical (unpaired) electrons. The van der Waals surface area contributed by atoms with E-state index in [4.69, 9.17) is 35.8 Å². The number of aromatic hydroxyl groups is 1. The van der Waals surface area contributed by atoms with Crippen LogP contribution in [0.25, 0.3) is 44.2 Å². The second-order valence-electron chi connectivity index (χ2n) is 21.6. The van der Waals surface area contributed by atoms with Crippen LogP contribution in [0, 0.1) is 6.92 Å². The number of thiazole rings is 4. The van der Waals surface area contributed by atoms with Gasteiger partial charge in [0.2, 0.25) is 35.4 Å². The molecular weight excluding hydrogens is 1310 g/mol. The van der Waals surface area contributed by atoms with E-state index in [0.29, 0.717) is 43.3 Å². The second-order valence-corrected chi connectivity index (χ2v) is 26.2. The number of nitrogens with one attached hydrogen (secondary N) is 7. The molecule has 1 fully saturated rings. The number of oxazole rings is 1. The molecule has 0 spiro atoms. The predicted octanol–water partition coefficient (Wildman–Crippen LogP) is 4.75. The number of amides is 8. The number of carboxylic acids is 1. The quantitative estimate of drug-likeness (QED) is 0.0326. The van der Waals surface area contributed by atoms with Gasteiger partial charge in [0.15, 0.2) is 5.69 Å². The van der Waals surface area contributed by atoms with Gasteiger partial charge in [-0.05, 0) is 82.0 Å². The Balaban J connectivity index is 0.746. The summed E-state index contributed by atoms with van der Waals surface area (Å²) < 4.78 is 5.81. The number of hydrogen-bond donors (Lipinski definition) is 11. The van der Waals surface area contributed by atoms with Gasteiger partial charge in [-0.1, -0.05) is 49.0 Å². The number of phenolic OH excluding ortho intramolecular Hbond substituents is 1. The number of phenols is 1. The lowest BCUT2D eigenvalue weighted by Gasteiger charge is -2.21. The van der Waals surface area contributed by atoms with Crippen molar-refractivity contribution in [3.8, 4) is 50.0 Å². The van der Waals surface area contributed by atoms with Crippen LogP contribution in [0.2, 0.25) is 0 Å². The highest BCUT2D eigenvalue weighted by atomic mass is 32.2. The number of aromatic nitrogens is 6. The van der Waals surface area contributed by atoms with E-state index >= 15 is 0 Å². The van der Waals surface area contributed by atoms with Crippen molar-refractivity contribution in [1.82, 2.24) is 67.1 Å². The predicted molar refractivity (Wildman–Crippen MR) is 351 cm³/mol. The number of aryl methyl sites for hydroxylation is 1. The molecule has 7 atom stereocenters. The Kier molecular flexibility index (Phi) is 21.3. The Morgan fingerprint density at radius 3 is 2.15 bits per heavy atom. The zero-order chi connectivity index (χ0) is 66.9. The summed E-state index contributed by atoms with van der Waals surface area (Å²) in [6, 6.07) is 11.9. The summed E-state index contributed by atoms with van der Waals surface area (Å²) in [5, 5.41) is 47.6. The number of hydrogen-bond acceptors (Lipinski definition) is 25. The van der Waals surface area contributed by atoms with Gasteiger partial charge in [0, 0.05) is 40.1 Å². The van der Waals surface area contributed by atoms with Gasteiger partial charge in [0.25, 0.3) is 17.7 Å². The molecule has 0 aliphatic carbocycles. The summed E-state index contributed by atoms with van der Waals surface area (Å²) in [4.78, 5) is 151. The van der Waals surface area contributed by atoms with E-state index < -0.39 is 95.2 Å². The van der Waals surface area contributed by atoms with Crippen LogP contribution >= 0.6 is 57.1 Å². The molecule has 2 aliphatic heterocycles. The third-order valence-electron chi connectivity index (χ3n) is 14.6. The topological polar surface area (TPSA) is 433 Å². The Morgan fingerprint density at radius 1 is 0.723 bits per heavy atom. The molecule has 28 nitrogen and oxygen atoms in total. The van der Waals surface area contributed by atoms with Crippen molar-refractivity contribution in [2.45, 2.75) is 95.2 Å². The summed E-state index contributed by atoms with van der Waals surface area (Å²) >= 11 is 6.26. The van der Waals surface area contributed by atoms with Crippen LogP contribution in [0.4, 0.5) is 0 Å². The van der Waals surface area contributed by atoms with E-state index in [0.717, 1.165) is 52.6 Å². The maximum atomic E-state index is 14.0. The highest BCUT2D eigenvalue weighted by Crippen LogP contribution is 2.38. The first-order valence-electron chi connectivity index (χ1n) is 29.0. The van der Waals surface area contributed by atoms with Crippen molar-refractivity contribution in [3.63, 3.8) is 0 Å². The highest BCUT2D eigenvalue weighted by molar-refractivity contribution is 8.14. The van der Waals surface area contributed by atoms with Gasteiger partial charge in [-0.2, -0.15) is 0 Å². The molecule has 10 rings (SSSR count). The standard InChI is InChI=1S/C61H60N16O12S5/c1-27(48(80)66-29(3)50(82)77-54(86)43-25-92-58(73-43)37-17-16-34(55-76-46(61(87)88)30(4)89-55)47(68-37)40-22-91-60(71-40)44-26-94-57(75-44)36-11-8-18-64-36)65-49(81)28(2)67-51(83)38(19-32-12-14-33(78)15-13-32)69-52(84)42-24-93-59(74-42)39(20-31-9-6-5-7-10-31)70-53(85)41-23-90-56(72-41)35(62)21-45(63)79/h5-7,9-10,12-17,22-23,25-27,29,35-36,38-39,42,64,78H,2,8,11,18-21,24,62H2,1,3-4H3,(H2,63,79)(H,65,81)(H,66,80)(H,67,83)(H,69,84)(H,70,85)(H,87,88)(H,77,82,86)/t27-,29-,35?,36-,38-,39-,42-/m0/s1. The Labute approximate surface area is 555 Å². The van der Waals surface area contributed by atoms with Crippen molar-refractivity contribution in [1.29, 1.82) is 0 Å². The van der Waals surface area contributed by atoms with E-state index in [1.54, 1.807) is 17.5 Å². The lowest BCUT2D eigenvalue weighted by atomic mass is 10.0. The van der Waals surface area contributed by atoms with Crippen molar-refractivity contribution in [3.05, 3.63) is 145 Å². The van der Waals surface area contributed by atoms with E-state index in [1.807, 2.05) is 35.7 Å². The van der Waals surface area contributed by atoms with Gasteiger partial charge >= 0.3 is 5.97 Å². The average Bonchev–Trinajstić information content (AvgIpc) is 1.68. The summed E-state index contributed by atoms with van der Waals surface area (Å²) in [5.41, 5.74) is 13.9. The highest BCUT2D eigenvalue weighted by Gasteiger charge is 2.35. The van der Waals surface area contributed by atoms with Crippen molar-refractivity contribution >= 4 is 115 Å². The van der Waals surface area contributed by atoms with Gasteiger partial charge in [-0.25, -0.2) is 34.7 Å². The molecule has 486 valence electrons. The second kappa shape index (κ2) is 29.9. The number of aromatic carboxylic acids is 1. The number of carbonyl (C=O) groups is 9. The smallest absolute Gasteiger partial charge is 0.358 e. The zero-order valence-electron chi connectivity index (χ0n) is 50.2. The molecule has 0 bridgehead atoms. The number of nitrogens with two attached hydrogens (primary N) is 2. The van der Waals surface area contributed by atoms with Gasteiger partial charge in [0.05, 0.1) is 40.1 Å². The van der Waals surface area contributed by atoms with Crippen LogP contribution in [0.3, 0.4) is 0 Å². The number of imide groups is 1. The fourth-order valence-corrected chi connectivity index (χ4v) is 14.1. The number of carboxylic acid groups (broad SMARTS) is 1. The molecule has 33 heteroatoms. The number of thioether (sulfide) groups is 1. The molecule has 13 N–H and O–H groups in total. The number of carbonyl (C=O) groups excluding carboxylic acids is 8. The molecule has 6 aromatic heterocycles. The monoisotopic (exact) mass is 1370 g/mol. The molecular formula is C61H60N16O12S5. The first kappa shape index (κ1) is 67.1. The van der Waals surface area contributed by atoms with Gasteiger partial charge in [-0.15, -0.1) is 57.1 Å². The number of pyridine rings is 1. The van der Waals surface area contributed by atoms with Crippen molar-refractivity contribution in [2.24, 2.45) is 16.5 Å². The van der Waals surface area contributed by atoms with Gasteiger partial charge in [-0.3, -0.25) is 48.7 Å². The van der Waals surface area contributed by atoms with Crippen LogP contribution in [0.15, 0.2) is 110 Å². The van der Waals surface area contributed by atoms with Crippen LogP contribution < -0.4 is 48.7 Å². The molecule has 1 saturated heterocycles. The minimum Gasteiger partial charge on any atom is -0.508 e. The molecule has 8 aromatic rings. The largest absolute Gasteiger partial charge is 0.508 e. The Hall–Kier alpha value is -9.77. The minimum atomic E-state index is -1.35. The first-order valence-corrected chi connectivity index (χ1v) is 33.5. The van der Waals surface area contributed by atoms with Crippen LogP contribution in [-0.4, -0.2) is 141 Å². The van der Waals surface area contributed by atoms with Crippen LogP contribution in [-0.2, 0) is 41.6 Å². The summed E-state index contributed by atoms with van der Waals surface area (Å²) in [6.45, 7) is 8.69. The Bertz CT molecular complexity index is 4250. The average molecular weight is 1370 g/mol. The minimum absolute atomic E-state index is 0.0105. The first-order chi connectivity index (χ1) is 45.0. The molecule has 8 heterocycles. The zero-order valence-corrected chi connectivity index (χ0v) is 54.2. The third kappa shape index (κ3) is 16.5. The van der Waals surface area contributed by atoms with E-state index in [9.17, 15) is 53.4 Å². The maximum Gasteiger partial charge on any atom is 0.358 e. The molecule has 8 amide bonds. The molecule has 2 aliphatic rings.